The van der Waals surface area contributed by atoms with Gasteiger partial charge in [-0.2, -0.15) is 0 Å². The molecule has 5 nitrogen and oxygen atoms in total. The molecule has 0 saturated heterocycles. The Morgan fingerprint density at radius 2 is 2.29 bits per heavy atom. The highest BCUT2D eigenvalue weighted by Crippen LogP contribution is 2.14. The molecule has 1 amide bonds. The van der Waals surface area contributed by atoms with Gasteiger partial charge in [-0.1, -0.05) is 13.3 Å². The average molecular weight is 287 g/mol. The maximum atomic E-state index is 12.1. The van der Waals surface area contributed by atoms with Crippen molar-refractivity contribution in [2.24, 2.45) is 0 Å². The summed E-state index contributed by atoms with van der Waals surface area (Å²) < 4.78 is 5.19. The van der Waals surface area contributed by atoms with Crippen LogP contribution in [0.4, 0.5) is 5.69 Å². The van der Waals surface area contributed by atoms with E-state index in [1.54, 1.807) is 24.7 Å². The molecular formula is C16H21N3O2. The van der Waals surface area contributed by atoms with Crippen molar-refractivity contribution in [3.63, 3.8) is 0 Å². The van der Waals surface area contributed by atoms with E-state index in [0.29, 0.717) is 12.1 Å². The predicted molar refractivity (Wildman–Crippen MR) is 82.3 cm³/mol. The van der Waals surface area contributed by atoms with Gasteiger partial charge in [0.05, 0.1) is 30.3 Å². The molecule has 0 aromatic carbocycles. The first kappa shape index (κ1) is 15.1. The van der Waals surface area contributed by atoms with Crippen LogP contribution in [0.1, 0.15) is 35.9 Å². The molecule has 0 radical (unpaired) electrons. The Hall–Kier alpha value is -2.30. The molecule has 0 atom stereocenters. The number of carbonyl (C=O) groups excluding carboxylic acids is 1. The van der Waals surface area contributed by atoms with Crippen LogP contribution in [0.3, 0.4) is 0 Å². The van der Waals surface area contributed by atoms with Gasteiger partial charge in [-0.3, -0.25) is 9.78 Å². The first-order valence-electron chi connectivity index (χ1n) is 7.17. The van der Waals surface area contributed by atoms with E-state index in [4.69, 9.17) is 4.42 Å². The molecule has 1 N–H and O–H groups in total. The van der Waals surface area contributed by atoms with Gasteiger partial charge >= 0.3 is 0 Å². The number of pyridine rings is 1. The van der Waals surface area contributed by atoms with Crippen LogP contribution < -0.4 is 10.2 Å². The molecule has 0 spiro atoms. The SMILES string of the molecule is CCCCN(C)c1cncc(C(=O)NCc2ccco2)c1. The van der Waals surface area contributed by atoms with Crippen LogP contribution in [-0.2, 0) is 6.54 Å². The fourth-order valence-electron chi connectivity index (χ4n) is 1.97. The van der Waals surface area contributed by atoms with Crippen LogP contribution in [0.5, 0.6) is 0 Å². The molecule has 2 aromatic heterocycles. The minimum Gasteiger partial charge on any atom is -0.467 e. The summed E-state index contributed by atoms with van der Waals surface area (Å²) in [6.45, 7) is 3.49. The first-order chi connectivity index (χ1) is 10.2. The molecule has 2 heterocycles. The molecule has 0 aliphatic carbocycles. The van der Waals surface area contributed by atoms with E-state index in [1.807, 2.05) is 19.2 Å². The van der Waals surface area contributed by atoms with Crippen molar-refractivity contribution >= 4 is 11.6 Å². The van der Waals surface area contributed by atoms with Crippen molar-refractivity contribution < 1.29 is 9.21 Å². The van der Waals surface area contributed by atoms with E-state index >= 15 is 0 Å². The molecule has 2 rings (SSSR count). The lowest BCUT2D eigenvalue weighted by Gasteiger charge is -2.18. The summed E-state index contributed by atoms with van der Waals surface area (Å²) in [6, 6.07) is 5.49. The van der Waals surface area contributed by atoms with Gasteiger partial charge in [-0.15, -0.1) is 0 Å². The van der Waals surface area contributed by atoms with Crippen LogP contribution in [0.15, 0.2) is 41.3 Å². The second-order valence-corrected chi connectivity index (χ2v) is 4.97. The second kappa shape index (κ2) is 7.47. The van der Waals surface area contributed by atoms with Gasteiger partial charge in [0.25, 0.3) is 5.91 Å². The van der Waals surface area contributed by atoms with E-state index in [-0.39, 0.29) is 5.91 Å². The molecule has 112 valence electrons. The number of hydrogen-bond acceptors (Lipinski definition) is 4. The molecule has 0 saturated carbocycles. The number of rotatable bonds is 7. The van der Waals surface area contributed by atoms with E-state index in [0.717, 1.165) is 30.8 Å². The summed E-state index contributed by atoms with van der Waals surface area (Å²) in [5.41, 5.74) is 1.51. The van der Waals surface area contributed by atoms with Crippen LogP contribution in [0.2, 0.25) is 0 Å². The number of carbonyl (C=O) groups is 1. The lowest BCUT2D eigenvalue weighted by atomic mass is 10.2. The smallest absolute Gasteiger partial charge is 0.253 e. The Balaban J connectivity index is 1.97. The molecule has 0 unspecified atom stereocenters. The highest BCUT2D eigenvalue weighted by Gasteiger charge is 2.09. The third-order valence-corrected chi connectivity index (χ3v) is 3.28. The lowest BCUT2D eigenvalue weighted by Crippen LogP contribution is -2.24. The van der Waals surface area contributed by atoms with Crippen molar-refractivity contribution in [1.29, 1.82) is 0 Å². The molecule has 21 heavy (non-hydrogen) atoms. The zero-order valence-corrected chi connectivity index (χ0v) is 12.5. The second-order valence-electron chi connectivity index (χ2n) is 4.97. The van der Waals surface area contributed by atoms with Gasteiger partial charge in [0.1, 0.15) is 5.76 Å². The van der Waals surface area contributed by atoms with Gasteiger partial charge in [-0.25, -0.2) is 0 Å². The minimum absolute atomic E-state index is 0.148. The van der Waals surface area contributed by atoms with Crippen molar-refractivity contribution in [2.45, 2.75) is 26.3 Å². The lowest BCUT2D eigenvalue weighted by molar-refractivity contribution is 0.0947. The highest BCUT2D eigenvalue weighted by molar-refractivity contribution is 5.94. The Morgan fingerprint density at radius 3 is 3.00 bits per heavy atom. The Labute approximate surface area is 125 Å². The minimum atomic E-state index is -0.148. The number of aromatic nitrogens is 1. The Morgan fingerprint density at radius 1 is 1.43 bits per heavy atom. The maximum absolute atomic E-state index is 12.1. The van der Waals surface area contributed by atoms with E-state index < -0.39 is 0 Å². The molecule has 0 fully saturated rings. The van der Waals surface area contributed by atoms with Gasteiger partial charge < -0.3 is 14.6 Å². The number of furan rings is 1. The molecule has 5 heteroatoms. The fraction of sp³-hybridized carbons (Fsp3) is 0.375. The monoisotopic (exact) mass is 287 g/mol. The number of unbranched alkanes of at least 4 members (excludes halogenated alkanes) is 1. The zero-order chi connectivity index (χ0) is 15.1. The van der Waals surface area contributed by atoms with Crippen molar-refractivity contribution in [3.8, 4) is 0 Å². The topological polar surface area (TPSA) is 58.4 Å². The van der Waals surface area contributed by atoms with Crippen molar-refractivity contribution in [2.75, 3.05) is 18.5 Å². The summed E-state index contributed by atoms with van der Waals surface area (Å²) in [5.74, 6) is 0.581. The third kappa shape index (κ3) is 4.34. The largest absolute Gasteiger partial charge is 0.467 e. The van der Waals surface area contributed by atoms with Gasteiger partial charge in [0, 0.05) is 19.8 Å². The van der Waals surface area contributed by atoms with E-state index in [1.165, 1.54) is 0 Å². The van der Waals surface area contributed by atoms with Crippen LogP contribution in [-0.4, -0.2) is 24.5 Å². The van der Waals surface area contributed by atoms with Gasteiger partial charge in [0.2, 0.25) is 0 Å². The van der Waals surface area contributed by atoms with Crippen LogP contribution in [0, 0.1) is 0 Å². The summed E-state index contributed by atoms with van der Waals surface area (Å²) in [5, 5.41) is 2.82. The Bertz CT molecular complexity index is 567. The number of hydrogen-bond donors (Lipinski definition) is 1. The highest BCUT2D eigenvalue weighted by atomic mass is 16.3. The fourth-order valence-corrected chi connectivity index (χ4v) is 1.97. The number of anilines is 1. The number of nitrogens with one attached hydrogen (secondary N) is 1. The summed E-state index contributed by atoms with van der Waals surface area (Å²) in [6.07, 6.45) is 7.20. The van der Waals surface area contributed by atoms with Crippen LogP contribution >= 0.6 is 0 Å². The summed E-state index contributed by atoms with van der Waals surface area (Å²) in [7, 11) is 2.01. The first-order valence-corrected chi connectivity index (χ1v) is 7.17. The standard InChI is InChI=1S/C16H21N3O2/c1-3-4-7-19(2)14-9-13(10-17-11-14)16(20)18-12-15-6-5-8-21-15/h5-6,8-11H,3-4,7,12H2,1-2H3,(H,18,20). The van der Waals surface area contributed by atoms with Crippen LogP contribution in [0.25, 0.3) is 0 Å². The molecule has 0 aliphatic heterocycles. The van der Waals surface area contributed by atoms with Crippen molar-refractivity contribution in [3.05, 3.63) is 48.2 Å². The summed E-state index contributed by atoms with van der Waals surface area (Å²) >= 11 is 0. The number of amides is 1. The average Bonchev–Trinajstić information content (AvgIpc) is 3.03. The zero-order valence-electron chi connectivity index (χ0n) is 12.5. The Kier molecular flexibility index (Phi) is 5.37. The maximum Gasteiger partial charge on any atom is 0.253 e. The third-order valence-electron chi connectivity index (χ3n) is 3.28. The van der Waals surface area contributed by atoms with E-state index in [2.05, 4.69) is 22.1 Å². The summed E-state index contributed by atoms with van der Waals surface area (Å²) in [4.78, 5) is 18.4. The molecular weight excluding hydrogens is 266 g/mol. The van der Waals surface area contributed by atoms with Crippen molar-refractivity contribution in [1.82, 2.24) is 10.3 Å². The van der Waals surface area contributed by atoms with E-state index in [9.17, 15) is 4.79 Å². The predicted octanol–water partition coefficient (Wildman–Crippen LogP) is 2.84. The van der Waals surface area contributed by atoms with Gasteiger partial charge in [-0.05, 0) is 24.6 Å². The molecule has 0 aliphatic rings. The number of nitrogens with zero attached hydrogens (tertiary/aromatic N) is 2. The molecule has 0 bridgehead atoms. The quantitative estimate of drug-likeness (QED) is 0.850. The molecule has 2 aromatic rings. The normalized spacial score (nSPS) is 10.4. The van der Waals surface area contributed by atoms with Gasteiger partial charge in [0.15, 0.2) is 0 Å².